The molecule has 2 aromatic carbocycles. The Kier molecular flexibility index (Phi) is 5.07. The van der Waals surface area contributed by atoms with Crippen molar-refractivity contribution in [3.63, 3.8) is 0 Å². The highest BCUT2D eigenvalue weighted by Crippen LogP contribution is 2.25. The van der Waals surface area contributed by atoms with Crippen LogP contribution < -0.4 is 10.1 Å². The van der Waals surface area contributed by atoms with Gasteiger partial charge in [-0.05, 0) is 24.3 Å². The maximum Gasteiger partial charge on any atom is 0.295 e. The van der Waals surface area contributed by atoms with E-state index in [1.165, 1.54) is 12.1 Å². The lowest BCUT2D eigenvalue weighted by Gasteiger charge is -2.08. The molecule has 120 valence electrons. The third kappa shape index (κ3) is 4.36. The number of amides is 1. The molecular weight excluding hydrogens is 334 g/mol. The highest BCUT2D eigenvalue weighted by Gasteiger charge is 2.17. The van der Waals surface area contributed by atoms with Crippen LogP contribution in [0, 0.1) is 21.7 Å². The van der Waals surface area contributed by atoms with Crippen LogP contribution in [0.4, 0.5) is 20.2 Å². The Morgan fingerprint density at radius 1 is 1.26 bits per heavy atom. The molecule has 0 aliphatic carbocycles. The molecule has 0 heterocycles. The van der Waals surface area contributed by atoms with E-state index in [1.807, 2.05) is 0 Å². The maximum atomic E-state index is 13.0. The standard InChI is InChI=1S/C14H9ClF2N2O4/c15-10-6-9(2-3-11(10)17)23-7-14(20)18-12-4-1-8(16)5-13(12)19(21)22/h1-6H,7H2,(H,18,20). The summed E-state index contributed by atoms with van der Waals surface area (Å²) in [5.74, 6) is -1.99. The van der Waals surface area contributed by atoms with Crippen molar-refractivity contribution in [2.45, 2.75) is 0 Å². The van der Waals surface area contributed by atoms with E-state index in [2.05, 4.69) is 5.32 Å². The fraction of sp³-hybridized carbons (Fsp3) is 0.0714. The van der Waals surface area contributed by atoms with Gasteiger partial charge >= 0.3 is 0 Å². The fourth-order valence-electron chi connectivity index (χ4n) is 1.66. The van der Waals surface area contributed by atoms with Crippen molar-refractivity contribution < 1.29 is 23.2 Å². The van der Waals surface area contributed by atoms with E-state index < -0.39 is 34.8 Å². The first kappa shape index (κ1) is 16.6. The molecule has 2 rings (SSSR count). The molecule has 0 spiro atoms. The van der Waals surface area contributed by atoms with Gasteiger partial charge in [0, 0.05) is 6.07 Å². The molecule has 1 amide bonds. The van der Waals surface area contributed by atoms with Gasteiger partial charge in [0.25, 0.3) is 11.6 Å². The molecular formula is C14H9ClF2N2O4. The minimum absolute atomic E-state index is 0.153. The molecule has 0 bridgehead atoms. The molecule has 6 nitrogen and oxygen atoms in total. The Balaban J connectivity index is 2.02. The van der Waals surface area contributed by atoms with Crippen LogP contribution in [0.15, 0.2) is 36.4 Å². The van der Waals surface area contributed by atoms with Crippen molar-refractivity contribution in [3.8, 4) is 5.75 Å². The van der Waals surface area contributed by atoms with E-state index in [4.69, 9.17) is 16.3 Å². The highest BCUT2D eigenvalue weighted by molar-refractivity contribution is 6.30. The summed E-state index contributed by atoms with van der Waals surface area (Å²) in [6.07, 6.45) is 0. The molecule has 0 aliphatic rings. The number of ether oxygens (including phenoxy) is 1. The van der Waals surface area contributed by atoms with Crippen LogP contribution in [0.3, 0.4) is 0 Å². The molecule has 2 aromatic rings. The number of anilines is 1. The topological polar surface area (TPSA) is 81.5 Å². The van der Waals surface area contributed by atoms with Crippen molar-refractivity contribution in [1.82, 2.24) is 0 Å². The lowest BCUT2D eigenvalue weighted by atomic mass is 10.2. The zero-order valence-corrected chi connectivity index (χ0v) is 12.1. The average Bonchev–Trinajstić information content (AvgIpc) is 2.50. The number of nitro benzene ring substituents is 1. The second-order valence-corrected chi connectivity index (χ2v) is 4.74. The van der Waals surface area contributed by atoms with Crippen molar-refractivity contribution >= 4 is 28.9 Å². The lowest BCUT2D eigenvalue weighted by Crippen LogP contribution is -2.20. The normalized spacial score (nSPS) is 10.2. The number of nitrogens with one attached hydrogen (secondary N) is 1. The molecule has 0 fully saturated rings. The van der Waals surface area contributed by atoms with Crippen molar-refractivity contribution in [1.29, 1.82) is 0 Å². The summed E-state index contributed by atoms with van der Waals surface area (Å²) in [5, 5.41) is 12.9. The minimum atomic E-state index is -0.820. The van der Waals surface area contributed by atoms with Gasteiger partial charge in [-0.15, -0.1) is 0 Å². The number of nitro groups is 1. The van der Waals surface area contributed by atoms with E-state index >= 15 is 0 Å². The van der Waals surface area contributed by atoms with Gasteiger partial charge in [-0.25, -0.2) is 8.78 Å². The minimum Gasteiger partial charge on any atom is -0.484 e. The summed E-state index contributed by atoms with van der Waals surface area (Å²) in [7, 11) is 0. The SMILES string of the molecule is O=C(COc1ccc(F)c(Cl)c1)Nc1ccc(F)cc1[N+](=O)[O-]. The Bertz CT molecular complexity index is 770. The number of hydrogen-bond donors (Lipinski definition) is 1. The fourth-order valence-corrected chi connectivity index (χ4v) is 1.83. The first-order valence-corrected chi connectivity index (χ1v) is 6.56. The van der Waals surface area contributed by atoms with Crippen LogP contribution in [0.1, 0.15) is 0 Å². The molecule has 23 heavy (non-hydrogen) atoms. The van der Waals surface area contributed by atoms with Crippen LogP contribution >= 0.6 is 11.6 Å². The number of nitrogens with zero attached hydrogens (tertiary/aromatic N) is 1. The molecule has 0 radical (unpaired) electrons. The zero-order valence-electron chi connectivity index (χ0n) is 11.4. The van der Waals surface area contributed by atoms with E-state index in [9.17, 15) is 23.7 Å². The summed E-state index contributed by atoms with van der Waals surface area (Å²) in [6, 6.07) is 6.26. The Labute approximate surface area is 133 Å². The molecule has 0 saturated carbocycles. The monoisotopic (exact) mass is 342 g/mol. The Morgan fingerprint density at radius 3 is 2.65 bits per heavy atom. The van der Waals surface area contributed by atoms with Crippen molar-refractivity contribution in [2.24, 2.45) is 0 Å². The largest absolute Gasteiger partial charge is 0.484 e. The smallest absolute Gasteiger partial charge is 0.295 e. The van der Waals surface area contributed by atoms with Crippen molar-refractivity contribution in [2.75, 3.05) is 11.9 Å². The number of halogens is 3. The van der Waals surface area contributed by atoms with Crippen LogP contribution in [0.2, 0.25) is 5.02 Å². The van der Waals surface area contributed by atoms with Crippen LogP contribution in [-0.2, 0) is 4.79 Å². The first-order valence-electron chi connectivity index (χ1n) is 6.18. The number of carbonyl (C=O) groups excluding carboxylic acids is 1. The van der Waals surface area contributed by atoms with Gasteiger partial charge in [0.05, 0.1) is 16.0 Å². The van der Waals surface area contributed by atoms with Crippen molar-refractivity contribution in [3.05, 3.63) is 63.2 Å². The van der Waals surface area contributed by atoms with Gasteiger partial charge in [-0.2, -0.15) is 0 Å². The van der Waals surface area contributed by atoms with Gasteiger partial charge in [-0.3, -0.25) is 14.9 Å². The summed E-state index contributed by atoms with van der Waals surface area (Å²) < 4.78 is 31.1. The second kappa shape index (κ2) is 7.01. The number of hydrogen-bond acceptors (Lipinski definition) is 4. The second-order valence-electron chi connectivity index (χ2n) is 4.33. The Morgan fingerprint density at radius 2 is 2.00 bits per heavy atom. The number of rotatable bonds is 5. The predicted molar refractivity (Wildman–Crippen MR) is 78.6 cm³/mol. The maximum absolute atomic E-state index is 13.0. The van der Waals surface area contributed by atoms with Gasteiger partial charge in [0.1, 0.15) is 23.1 Å². The number of carbonyl (C=O) groups is 1. The van der Waals surface area contributed by atoms with Crippen LogP contribution in [0.25, 0.3) is 0 Å². The lowest BCUT2D eigenvalue weighted by molar-refractivity contribution is -0.384. The summed E-state index contributed by atoms with van der Waals surface area (Å²) in [5.41, 5.74) is -0.745. The van der Waals surface area contributed by atoms with E-state index in [0.717, 1.165) is 18.2 Å². The summed E-state index contributed by atoms with van der Waals surface area (Å²) in [6.45, 7) is -0.490. The number of benzene rings is 2. The van der Waals surface area contributed by atoms with Crippen LogP contribution in [-0.4, -0.2) is 17.4 Å². The third-order valence-corrected chi connectivity index (χ3v) is 2.98. The van der Waals surface area contributed by atoms with Gasteiger partial charge in [0.15, 0.2) is 6.61 Å². The quantitative estimate of drug-likeness (QED) is 0.665. The molecule has 9 heteroatoms. The third-order valence-electron chi connectivity index (χ3n) is 2.69. The molecule has 0 aliphatic heterocycles. The van der Waals surface area contributed by atoms with E-state index in [1.54, 1.807) is 0 Å². The molecule has 0 unspecified atom stereocenters. The van der Waals surface area contributed by atoms with Gasteiger partial charge in [0.2, 0.25) is 0 Å². The summed E-state index contributed by atoms with van der Waals surface area (Å²) in [4.78, 5) is 21.7. The first-order chi connectivity index (χ1) is 10.9. The highest BCUT2D eigenvalue weighted by atomic mass is 35.5. The van der Waals surface area contributed by atoms with Gasteiger partial charge < -0.3 is 10.1 Å². The Hall–Kier alpha value is -2.74. The average molecular weight is 343 g/mol. The van der Waals surface area contributed by atoms with E-state index in [-0.39, 0.29) is 16.5 Å². The van der Waals surface area contributed by atoms with Gasteiger partial charge in [-0.1, -0.05) is 11.6 Å². The van der Waals surface area contributed by atoms with Crippen LogP contribution in [0.5, 0.6) is 5.75 Å². The predicted octanol–water partition coefficient (Wildman–Crippen LogP) is 3.54. The molecule has 0 aromatic heterocycles. The zero-order chi connectivity index (χ0) is 17.0. The molecule has 0 saturated heterocycles. The molecule has 0 atom stereocenters. The van der Waals surface area contributed by atoms with E-state index in [0.29, 0.717) is 6.07 Å². The summed E-state index contributed by atoms with van der Waals surface area (Å²) >= 11 is 5.56. The molecule has 1 N–H and O–H groups in total.